The third-order valence-corrected chi connectivity index (χ3v) is 21.0. The van der Waals surface area contributed by atoms with Crippen LogP contribution in [0.5, 0.6) is 0 Å². The van der Waals surface area contributed by atoms with E-state index in [2.05, 4.69) is 33.8 Å². The van der Waals surface area contributed by atoms with E-state index in [1.807, 2.05) is 55.4 Å². The second-order valence-electron chi connectivity index (χ2n) is 27.0. The number of carbonyl (C=O) groups is 5. The maximum absolute atomic E-state index is 12.8. The van der Waals surface area contributed by atoms with E-state index in [4.69, 9.17) is 23.7 Å². The van der Waals surface area contributed by atoms with Crippen molar-refractivity contribution in [2.75, 3.05) is 6.61 Å². The molecule has 0 spiro atoms. The monoisotopic (exact) mass is 964 g/mol. The molecule has 11 rings (SSSR count). The summed E-state index contributed by atoms with van der Waals surface area (Å²) in [7, 11) is 0. The SMILES string of the molecule is CCC(C)(C)C(=O)OC(C)(C)C12CC3CC(CC(C(C)(C)O)(C3)C1)C2.CCC(C)(C)C(=O)OC1(CC)C2CC3CC(C2)CC1C3.CCC(C)(C)C(=O)OCC(=O)OC1C2CC3C1OC(=O)C3(C#N)C2. The average Bonchev–Trinajstić information content (AvgIpc) is 3.88. The molecule has 11 aliphatic rings. The topological polar surface area (TPSA) is 176 Å². The summed E-state index contributed by atoms with van der Waals surface area (Å²) in [5.41, 5.74) is -3.77. The molecule has 388 valence electrons. The Hall–Kier alpha value is -3.20. The third-order valence-electron chi connectivity index (χ3n) is 21.0. The van der Waals surface area contributed by atoms with Crippen molar-refractivity contribution in [1.82, 2.24) is 0 Å². The molecule has 10 aliphatic carbocycles. The van der Waals surface area contributed by atoms with Crippen LogP contribution in [0.25, 0.3) is 0 Å². The quantitative estimate of drug-likeness (QED) is 0.129. The Labute approximate surface area is 414 Å². The van der Waals surface area contributed by atoms with E-state index in [0.29, 0.717) is 42.9 Å². The van der Waals surface area contributed by atoms with Crippen LogP contribution in [0, 0.1) is 91.2 Å². The van der Waals surface area contributed by atoms with Crippen molar-refractivity contribution < 1.29 is 52.8 Å². The van der Waals surface area contributed by atoms with Crippen molar-refractivity contribution in [3.8, 4) is 6.07 Å². The number of fused-ring (bicyclic) bond motifs is 1. The predicted octanol–water partition coefficient (Wildman–Crippen LogP) is 11.0. The first-order valence-corrected chi connectivity index (χ1v) is 27.1. The lowest BCUT2D eigenvalue weighted by atomic mass is 9.38. The first-order valence-electron chi connectivity index (χ1n) is 27.1. The number of esters is 5. The molecule has 1 saturated heterocycles. The lowest BCUT2D eigenvalue weighted by Gasteiger charge is -2.68. The summed E-state index contributed by atoms with van der Waals surface area (Å²) >= 11 is 0. The first kappa shape index (κ1) is 53.6. The van der Waals surface area contributed by atoms with E-state index < -0.39 is 64.2 Å². The highest BCUT2D eigenvalue weighted by molar-refractivity contribution is 5.85. The molecule has 1 heterocycles. The third kappa shape index (κ3) is 9.30. The molecule has 12 heteroatoms. The fourth-order valence-electron chi connectivity index (χ4n) is 15.5. The molecule has 0 aromatic heterocycles. The molecule has 0 radical (unpaired) electrons. The maximum atomic E-state index is 12.8. The number of rotatable bonds is 14. The van der Waals surface area contributed by atoms with Gasteiger partial charge in [0.25, 0.3) is 0 Å². The number of nitriles is 1. The molecule has 0 aromatic carbocycles. The molecule has 10 saturated carbocycles. The summed E-state index contributed by atoms with van der Waals surface area (Å²) < 4.78 is 28.2. The van der Waals surface area contributed by atoms with Crippen LogP contribution in [0.4, 0.5) is 0 Å². The Morgan fingerprint density at radius 2 is 1.17 bits per heavy atom. The lowest BCUT2D eigenvalue weighted by molar-refractivity contribution is -0.247. The number of aliphatic hydroxyl groups is 1. The lowest BCUT2D eigenvalue weighted by Crippen LogP contribution is -2.65. The number of hydrogen-bond donors (Lipinski definition) is 1. The van der Waals surface area contributed by atoms with Crippen molar-refractivity contribution in [1.29, 1.82) is 5.26 Å². The van der Waals surface area contributed by atoms with Crippen LogP contribution >= 0.6 is 0 Å². The Morgan fingerprint density at radius 1 is 0.681 bits per heavy atom. The number of nitrogens with zero attached hydrogens (tertiary/aromatic N) is 1. The van der Waals surface area contributed by atoms with E-state index in [0.717, 1.165) is 63.2 Å². The molecule has 10 bridgehead atoms. The first-order chi connectivity index (χ1) is 31.9. The van der Waals surface area contributed by atoms with Gasteiger partial charge in [-0.25, -0.2) is 4.79 Å². The second-order valence-corrected chi connectivity index (χ2v) is 27.0. The van der Waals surface area contributed by atoms with Gasteiger partial charge in [-0.1, -0.05) is 27.7 Å². The number of carbonyl (C=O) groups excluding carboxylic acids is 5. The Balaban J connectivity index is 0.000000154. The van der Waals surface area contributed by atoms with E-state index in [1.165, 1.54) is 38.5 Å². The van der Waals surface area contributed by atoms with Crippen LogP contribution in [0.3, 0.4) is 0 Å². The van der Waals surface area contributed by atoms with Crippen LogP contribution in [0.1, 0.15) is 206 Å². The van der Waals surface area contributed by atoms with Crippen molar-refractivity contribution in [3.63, 3.8) is 0 Å². The molecule has 69 heavy (non-hydrogen) atoms. The van der Waals surface area contributed by atoms with E-state index in [-0.39, 0.29) is 45.6 Å². The van der Waals surface area contributed by atoms with E-state index in [1.54, 1.807) is 13.8 Å². The van der Waals surface area contributed by atoms with Gasteiger partial charge in [0.2, 0.25) is 0 Å². The fraction of sp³-hybridized carbons (Fsp3) is 0.895. The van der Waals surface area contributed by atoms with Gasteiger partial charge in [-0.3, -0.25) is 19.2 Å². The number of ether oxygens (including phenoxy) is 5. The molecule has 11 fully saturated rings. The number of hydrogen-bond acceptors (Lipinski definition) is 12. The minimum atomic E-state index is -1.06. The van der Waals surface area contributed by atoms with Gasteiger partial charge < -0.3 is 28.8 Å². The molecule has 0 aromatic rings. The Bertz CT molecular complexity index is 1990. The minimum Gasteiger partial charge on any atom is -0.459 e. The van der Waals surface area contributed by atoms with E-state index >= 15 is 0 Å². The van der Waals surface area contributed by atoms with Crippen LogP contribution in [0.15, 0.2) is 0 Å². The second kappa shape index (κ2) is 18.4. The summed E-state index contributed by atoms with van der Waals surface area (Å²) in [6, 6.07) is 2.10. The van der Waals surface area contributed by atoms with Crippen LogP contribution in [-0.4, -0.2) is 70.6 Å². The molecule has 1 aliphatic heterocycles. The van der Waals surface area contributed by atoms with Gasteiger partial charge in [-0.2, -0.15) is 5.26 Å². The largest absolute Gasteiger partial charge is 0.459 e. The van der Waals surface area contributed by atoms with Crippen molar-refractivity contribution in [2.24, 2.45) is 79.8 Å². The molecular formula is C57H89NO11. The standard InChI is InChI=1S/C22H38O3.C18H30O2.C17H21NO6/c1-8-18(2,3)17(23)25-20(6,7)22-12-15-9-16(13-22)11-21(10-15,14-22)19(4,5)24;1-5-17(3,4)16(19)20-18(6-2)14-8-12-7-13(10-14)11-15(18)9-12;1-4-16(2,3)14(20)22-7-11(19)23-12-9-5-10-13(12)24-15(21)17(10,6-9)8-18/h15-16,24H,8-14H2,1-7H3;12-15H,5-11H2,1-4H3;9-10,12-13H,4-7H2,1-3H3. The zero-order valence-corrected chi connectivity index (χ0v) is 45.0. The zero-order valence-electron chi connectivity index (χ0n) is 45.0. The van der Waals surface area contributed by atoms with Gasteiger partial charge in [0.1, 0.15) is 23.4 Å². The summed E-state index contributed by atoms with van der Waals surface area (Å²) in [6.07, 6.45) is 16.7. The molecule has 7 atom stereocenters. The normalized spacial score (nSPS) is 38.8. The van der Waals surface area contributed by atoms with Gasteiger partial charge in [0.05, 0.1) is 27.9 Å². The zero-order chi connectivity index (χ0) is 51.1. The summed E-state index contributed by atoms with van der Waals surface area (Å²) in [5.74, 6) is 2.56. The highest BCUT2D eigenvalue weighted by Crippen LogP contribution is 2.71. The Kier molecular flexibility index (Phi) is 14.3. The predicted molar refractivity (Wildman–Crippen MR) is 259 cm³/mol. The fourth-order valence-corrected chi connectivity index (χ4v) is 15.5. The van der Waals surface area contributed by atoms with Gasteiger partial charge in [0.15, 0.2) is 12.0 Å². The molecular weight excluding hydrogens is 875 g/mol. The average molecular weight is 964 g/mol. The Morgan fingerprint density at radius 3 is 1.67 bits per heavy atom. The maximum Gasteiger partial charge on any atom is 0.344 e. The summed E-state index contributed by atoms with van der Waals surface area (Å²) in [6.45, 7) is 27.5. The summed E-state index contributed by atoms with van der Waals surface area (Å²) in [5, 5.41) is 20.3. The van der Waals surface area contributed by atoms with Crippen molar-refractivity contribution in [2.45, 2.75) is 235 Å². The van der Waals surface area contributed by atoms with Gasteiger partial charge in [-0.05, 0) is 219 Å². The van der Waals surface area contributed by atoms with Crippen LogP contribution in [0.2, 0.25) is 0 Å². The molecule has 0 amide bonds. The van der Waals surface area contributed by atoms with Crippen LogP contribution in [-0.2, 0) is 47.7 Å². The molecule has 7 unspecified atom stereocenters. The van der Waals surface area contributed by atoms with Crippen LogP contribution < -0.4 is 0 Å². The van der Waals surface area contributed by atoms with Gasteiger partial charge in [-0.15, -0.1) is 0 Å². The summed E-state index contributed by atoms with van der Waals surface area (Å²) in [4.78, 5) is 61.3. The van der Waals surface area contributed by atoms with Gasteiger partial charge in [0, 0.05) is 17.3 Å². The molecule has 12 nitrogen and oxygen atoms in total. The van der Waals surface area contributed by atoms with Crippen molar-refractivity contribution >= 4 is 29.8 Å². The van der Waals surface area contributed by atoms with E-state index in [9.17, 15) is 34.3 Å². The highest BCUT2D eigenvalue weighted by atomic mass is 16.6. The highest BCUT2D eigenvalue weighted by Gasteiger charge is 2.72. The molecule has 1 N–H and O–H groups in total. The minimum absolute atomic E-state index is 0.0105. The smallest absolute Gasteiger partial charge is 0.344 e. The van der Waals surface area contributed by atoms with Crippen molar-refractivity contribution in [3.05, 3.63) is 0 Å². The van der Waals surface area contributed by atoms with Gasteiger partial charge >= 0.3 is 29.8 Å².